The fourth-order valence-corrected chi connectivity index (χ4v) is 7.46. The summed E-state index contributed by atoms with van der Waals surface area (Å²) in [5.41, 5.74) is 18.0. The standard InChI is InChI=1S/C40H52N2O4S2/c1-25(43)16-29-19-33(39(3,4)5)21-31(37(29)47-14-12-41)23-35(45)27-10-9-11-28(18-27)36(46)24-32-22-34(40(6,7)8)20-30(17-26(2)44)38(32)48-15-13-42/h9-11,18-22H,12-17,23-24,41-42H2,1-8H3. The Morgan fingerprint density at radius 3 is 1.19 bits per heavy atom. The predicted molar refractivity (Wildman–Crippen MR) is 201 cm³/mol. The third-order valence-corrected chi connectivity index (χ3v) is 10.5. The summed E-state index contributed by atoms with van der Waals surface area (Å²) in [6.07, 6.45) is 0.860. The van der Waals surface area contributed by atoms with Gasteiger partial charge in [0.15, 0.2) is 11.6 Å². The minimum absolute atomic E-state index is 0.0604. The maximum Gasteiger partial charge on any atom is 0.167 e. The number of ketones is 4. The van der Waals surface area contributed by atoms with Gasteiger partial charge in [0.2, 0.25) is 0 Å². The smallest absolute Gasteiger partial charge is 0.167 e. The van der Waals surface area contributed by atoms with Gasteiger partial charge in [0.05, 0.1) is 0 Å². The third kappa shape index (κ3) is 11.0. The van der Waals surface area contributed by atoms with E-state index < -0.39 is 0 Å². The van der Waals surface area contributed by atoms with Crippen molar-refractivity contribution >= 4 is 46.7 Å². The molecule has 4 N–H and O–H groups in total. The van der Waals surface area contributed by atoms with Crippen molar-refractivity contribution in [1.82, 2.24) is 0 Å². The van der Waals surface area contributed by atoms with Gasteiger partial charge >= 0.3 is 0 Å². The summed E-state index contributed by atoms with van der Waals surface area (Å²) >= 11 is 3.16. The Labute approximate surface area is 295 Å². The molecule has 0 fully saturated rings. The van der Waals surface area contributed by atoms with Gasteiger partial charge in [-0.15, -0.1) is 23.5 Å². The molecule has 0 radical (unpaired) electrons. The summed E-state index contributed by atoms with van der Waals surface area (Å²) in [7, 11) is 0. The van der Waals surface area contributed by atoms with Crippen LogP contribution in [0.4, 0.5) is 0 Å². The number of rotatable bonds is 16. The Kier molecular flexibility index (Phi) is 14.0. The van der Waals surface area contributed by atoms with Crippen LogP contribution < -0.4 is 11.5 Å². The molecule has 0 saturated heterocycles. The fraction of sp³-hybridized carbons (Fsp3) is 0.450. The molecule has 0 unspecified atom stereocenters. The summed E-state index contributed by atoms with van der Waals surface area (Å²) in [6, 6.07) is 15.3. The molecule has 0 aliphatic carbocycles. The number of carbonyl (C=O) groups excluding carboxylic acids is 4. The van der Waals surface area contributed by atoms with E-state index in [9.17, 15) is 19.2 Å². The van der Waals surface area contributed by atoms with Crippen molar-refractivity contribution < 1.29 is 19.2 Å². The summed E-state index contributed by atoms with van der Waals surface area (Å²) in [5.74, 6) is 1.26. The number of nitrogens with two attached hydrogens (primary N) is 2. The fourth-order valence-electron chi connectivity index (χ4n) is 5.55. The van der Waals surface area contributed by atoms with Crippen molar-refractivity contribution in [3.05, 3.63) is 93.0 Å². The van der Waals surface area contributed by atoms with Crippen molar-refractivity contribution in [3.63, 3.8) is 0 Å². The van der Waals surface area contributed by atoms with Gasteiger partial charge in [-0.2, -0.15) is 0 Å². The van der Waals surface area contributed by atoms with Crippen LogP contribution in [-0.4, -0.2) is 47.7 Å². The molecule has 0 saturated carbocycles. The van der Waals surface area contributed by atoms with Crippen LogP contribution in [0.3, 0.4) is 0 Å². The topological polar surface area (TPSA) is 120 Å². The van der Waals surface area contributed by atoms with Gasteiger partial charge in [0, 0.05) is 71.2 Å². The SMILES string of the molecule is CC(=O)Cc1cc(C(C)(C)C)cc(CC(=O)c2cccc(C(=O)Cc3cc(C(C)(C)C)cc(CC(C)=O)c3SCCN)c2)c1SCCN. The molecule has 0 bridgehead atoms. The molecule has 258 valence electrons. The lowest BCUT2D eigenvalue weighted by atomic mass is 9.83. The average molecular weight is 689 g/mol. The first-order chi connectivity index (χ1) is 22.4. The van der Waals surface area contributed by atoms with Crippen LogP contribution in [0.25, 0.3) is 0 Å². The number of carbonyl (C=O) groups is 4. The van der Waals surface area contributed by atoms with Gasteiger partial charge in [-0.1, -0.05) is 84.0 Å². The molecule has 3 aromatic rings. The number of hydrogen-bond acceptors (Lipinski definition) is 8. The first-order valence-corrected chi connectivity index (χ1v) is 18.5. The van der Waals surface area contributed by atoms with Crippen molar-refractivity contribution in [1.29, 1.82) is 0 Å². The quantitative estimate of drug-likeness (QED) is 0.117. The van der Waals surface area contributed by atoms with Gasteiger partial charge in [0.1, 0.15) is 11.6 Å². The minimum atomic E-state index is -0.178. The highest BCUT2D eigenvalue weighted by molar-refractivity contribution is 7.99. The van der Waals surface area contributed by atoms with Crippen LogP contribution in [0, 0.1) is 0 Å². The second kappa shape index (κ2) is 17.1. The zero-order valence-corrected chi connectivity index (χ0v) is 31.5. The highest BCUT2D eigenvalue weighted by atomic mass is 32.2. The summed E-state index contributed by atoms with van der Waals surface area (Å²) in [6.45, 7) is 16.8. The number of hydrogen-bond donors (Lipinski definition) is 2. The van der Waals surface area contributed by atoms with Crippen molar-refractivity contribution in [2.75, 3.05) is 24.6 Å². The second-order valence-electron chi connectivity index (χ2n) is 14.6. The average Bonchev–Trinajstić information content (AvgIpc) is 2.98. The monoisotopic (exact) mass is 688 g/mol. The van der Waals surface area contributed by atoms with E-state index in [0.717, 1.165) is 43.2 Å². The first kappa shape index (κ1) is 39.4. The second-order valence-corrected chi connectivity index (χ2v) is 16.8. The van der Waals surface area contributed by atoms with Gasteiger partial charge < -0.3 is 11.5 Å². The van der Waals surface area contributed by atoms with E-state index >= 15 is 0 Å². The first-order valence-electron chi connectivity index (χ1n) is 16.6. The summed E-state index contributed by atoms with van der Waals surface area (Å²) < 4.78 is 0. The Hall–Kier alpha value is -3.04. The van der Waals surface area contributed by atoms with E-state index in [-0.39, 0.29) is 59.6 Å². The lowest BCUT2D eigenvalue weighted by Gasteiger charge is -2.24. The molecule has 6 nitrogen and oxygen atoms in total. The molecule has 0 aromatic heterocycles. The van der Waals surface area contributed by atoms with Crippen molar-refractivity contribution in [2.45, 2.75) is 102 Å². The Morgan fingerprint density at radius 1 is 0.562 bits per heavy atom. The molecule has 48 heavy (non-hydrogen) atoms. The highest BCUT2D eigenvalue weighted by Crippen LogP contribution is 2.36. The molecule has 8 heteroatoms. The zero-order valence-electron chi connectivity index (χ0n) is 29.9. The van der Waals surface area contributed by atoms with E-state index in [1.807, 2.05) is 0 Å². The molecule has 0 aliphatic heterocycles. The third-order valence-electron chi connectivity index (χ3n) is 8.03. The van der Waals surface area contributed by atoms with Crippen molar-refractivity contribution in [2.24, 2.45) is 11.5 Å². The lowest BCUT2D eigenvalue weighted by molar-refractivity contribution is -0.117. The molecular weight excluding hydrogens is 637 g/mol. The molecule has 0 spiro atoms. The van der Waals surface area contributed by atoms with E-state index in [4.69, 9.17) is 11.5 Å². The number of Topliss-reactive ketones (excluding diaryl/α,β-unsaturated/α-hetero) is 4. The Bertz CT molecular complexity index is 1550. The normalized spacial score (nSPS) is 11.9. The molecule has 0 atom stereocenters. The molecule has 0 aliphatic rings. The van der Waals surface area contributed by atoms with E-state index in [0.29, 0.717) is 35.7 Å². The maximum absolute atomic E-state index is 13.9. The van der Waals surface area contributed by atoms with E-state index in [2.05, 4.69) is 65.8 Å². The number of benzene rings is 3. The van der Waals surface area contributed by atoms with E-state index in [1.54, 1.807) is 61.6 Å². The number of thioether (sulfide) groups is 2. The predicted octanol–water partition coefficient (Wildman–Crippen LogP) is 7.50. The van der Waals surface area contributed by atoms with Crippen LogP contribution in [-0.2, 0) is 46.1 Å². The molecule has 3 rings (SSSR count). The van der Waals surface area contributed by atoms with Crippen LogP contribution in [0.2, 0.25) is 0 Å². The summed E-state index contributed by atoms with van der Waals surface area (Å²) in [5, 5.41) is 0. The van der Waals surface area contributed by atoms with Crippen LogP contribution in [0.1, 0.15) is 109 Å². The van der Waals surface area contributed by atoms with Gasteiger partial charge in [-0.05, 0) is 64.1 Å². The molecule has 0 heterocycles. The summed E-state index contributed by atoms with van der Waals surface area (Å²) in [4.78, 5) is 54.1. The Balaban J connectivity index is 2.02. The van der Waals surface area contributed by atoms with E-state index in [1.165, 1.54) is 0 Å². The molecule has 3 aromatic carbocycles. The van der Waals surface area contributed by atoms with Gasteiger partial charge in [0.25, 0.3) is 0 Å². The Morgan fingerprint density at radius 2 is 0.896 bits per heavy atom. The van der Waals surface area contributed by atoms with Crippen molar-refractivity contribution in [3.8, 4) is 0 Å². The van der Waals surface area contributed by atoms with Crippen LogP contribution in [0.15, 0.2) is 58.3 Å². The zero-order chi connectivity index (χ0) is 35.8. The molecular formula is C40H52N2O4S2. The van der Waals surface area contributed by atoms with Gasteiger partial charge in [-0.3, -0.25) is 19.2 Å². The minimum Gasteiger partial charge on any atom is -0.330 e. The van der Waals surface area contributed by atoms with Crippen LogP contribution in [0.5, 0.6) is 0 Å². The largest absolute Gasteiger partial charge is 0.330 e. The molecule has 0 amide bonds. The maximum atomic E-state index is 13.9. The lowest BCUT2D eigenvalue weighted by Crippen LogP contribution is -2.16. The van der Waals surface area contributed by atoms with Gasteiger partial charge in [-0.25, -0.2) is 0 Å². The highest BCUT2D eigenvalue weighted by Gasteiger charge is 2.24. The van der Waals surface area contributed by atoms with Crippen LogP contribution >= 0.6 is 23.5 Å².